The SMILES string of the molecule is O=C(O)CNC(=O)c1nc2ccccc2n1Cc1ccccc1. The highest BCUT2D eigenvalue weighted by molar-refractivity contribution is 5.96. The molecule has 23 heavy (non-hydrogen) atoms. The van der Waals surface area contributed by atoms with Crippen molar-refractivity contribution in [3.8, 4) is 0 Å². The van der Waals surface area contributed by atoms with Gasteiger partial charge in [-0.1, -0.05) is 42.5 Å². The van der Waals surface area contributed by atoms with Gasteiger partial charge >= 0.3 is 5.97 Å². The molecule has 0 bridgehead atoms. The Morgan fingerprint density at radius 2 is 1.74 bits per heavy atom. The molecular formula is C17H15N3O3. The van der Waals surface area contributed by atoms with Crippen LogP contribution >= 0.6 is 0 Å². The molecule has 0 fully saturated rings. The van der Waals surface area contributed by atoms with Gasteiger partial charge in [0.25, 0.3) is 5.91 Å². The number of hydrogen-bond acceptors (Lipinski definition) is 3. The van der Waals surface area contributed by atoms with Gasteiger partial charge in [0.15, 0.2) is 5.82 Å². The predicted octanol–water partition coefficient (Wildman–Crippen LogP) is 1.90. The van der Waals surface area contributed by atoms with Crippen LogP contribution in [0.4, 0.5) is 0 Å². The summed E-state index contributed by atoms with van der Waals surface area (Å²) in [7, 11) is 0. The van der Waals surface area contributed by atoms with Gasteiger partial charge in [-0.25, -0.2) is 4.98 Å². The van der Waals surface area contributed by atoms with E-state index in [4.69, 9.17) is 5.11 Å². The standard InChI is InChI=1S/C17H15N3O3/c21-15(22)10-18-17(23)16-19-13-8-4-5-9-14(13)20(16)11-12-6-2-1-3-7-12/h1-9H,10-11H2,(H,18,23)(H,21,22). The van der Waals surface area contributed by atoms with E-state index in [0.29, 0.717) is 12.1 Å². The van der Waals surface area contributed by atoms with Crippen LogP contribution in [0.5, 0.6) is 0 Å². The Morgan fingerprint density at radius 1 is 1.04 bits per heavy atom. The van der Waals surface area contributed by atoms with E-state index in [0.717, 1.165) is 11.1 Å². The second kappa shape index (κ2) is 6.31. The predicted molar refractivity (Wildman–Crippen MR) is 85.2 cm³/mol. The molecule has 6 heteroatoms. The van der Waals surface area contributed by atoms with E-state index in [2.05, 4.69) is 10.3 Å². The number of aromatic nitrogens is 2. The van der Waals surface area contributed by atoms with Gasteiger partial charge in [-0.3, -0.25) is 9.59 Å². The maximum Gasteiger partial charge on any atom is 0.322 e. The molecule has 116 valence electrons. The third kappa shape index (κ3) is 3.21. The molecular weight excluding hydrogens is 294 g/mol. The summed E-state index contributed by atoms with van der Waals surface area (Å²) in [6.45, 7) is 0.0462. The third-order valence-electron chi connectivity index (χ3n) is 3.44. The lowest BCUT2D eigenvalue weighted by Crippen LogP contribution is -2.31. The minimum atomic E-state index is -1.09. The largest absolute Gasteiger partial charge is 0.480 e. The Bertz CT molecular complexity index is 856. The third-order valence-corrected chi connectivity index (χ3v) is 3.44. The molecule has 1 aromatic heterocycles. The first kappa shape index (κ1) is 14.8. The number of amides is 1. The summed E-state index contributed by atoms with van der Waals surface area (Å²) in [5, 5.41) is 11.1. The molecule has 0 spiro atoms. The van der Waals surface area contributed by atoms with Crippen LogP contribution in [0.3, 0.4) is 0 Å². The van der Waals surface area contributed by atoms with Gasteiger partial charge in [-0.15, -0.1) is 0 Å². The summed E-state index contributed by atoms with van der Waals surface area (Å²) in [4.78, 5) is 27.3. The molecule has 1 amide bonds. The van der Waals surface area contributed by atoms with Crippen molar-refractivity contribution in [1.29, 1.82) is 0 Å². The highest BCUT2D eigenvalue weighted by Gasteiger charge is 2.18. The molecule has 2 aromatic carbocycles. The van der Waals surface area contributed by atoms with Crippen molar-refractivity contribution in [2.45, 2.75) is 6.54 Å². The molecule has 0 saturated heterocycles. The van der Waals surface area contributed by atoms with Crippen LogP contribution in [0.15, 0.2) is 54.6 Å². The van der Waals surface area contributed by atoms with Crippen molar-refractivity contribution in [1.82, 2.24) is 14.9 Å². The number of fused-ring (bicyclic) bond motifs is 1. The fourth-order valence-electron chi connectivity index (χ4n) is 2.41. The molecule has 3 rings (SSSR count). The molecule has 0 aliphatic carbocycles. The van der Waals surface area contributed by atoms with Gasteiger partial charge in [0, 0.05) is 6.54 Å². The molecule has 2 N–H and O–H groups in total. The first-order valence-electron chi connectivity index (χ1n) is 7.14. The molecule has 3 aromatic rings. The number of hydrogen-bond donors (Lipinski definition) is 2. The number of carboxylic acid groups (broad SMARTS) is 1. The van der Waals surface area contributed by atoms with E-state index in [1.54, 1.807) is 4.57 Å². The van der Waals surface area contributed by atoms with Gasteiger partial charge < -0.3 is 15.0 Å². The first-order valence-corrected chi connectivity index (χ1v) is 7.14. The zero-order valence-electron chi connectivity index (χ0n) is 12.3. The van der Waals surface area contributed by atoms with Crippen molar-refractivity contribution >= 4 is 22.9 Å². The topological polar surface area (TPSA) is 84.2 Å². The smallest absolute Gasteiger partial charge is 0.322 e. The number of nitrogens with zero attached hydrogens (tertiary/aromatic N) is 2. The Hall–Kier alpha value is -3.15. The number of carbonyl (C=O) groups is 2. The van der Waals surface area contributed by atoms with E-state index >= 15 is 0 Å². The van der Waals surface area contributed by atoms with E-state index in [-0.39, 0.29) is 5.82 Å². The van der Waals surface area contributed by atoms with Crippen LogP contribution < -0.4 is 5.32 Å². The molecule has 0 unspecified atom stereocenters. The minimum absolute atomic E-state index is 0.205. The van der Waals surface area contributed by atoms with Crippen LogP contribution in [0, 0.1) is 0 Å². The lowest BCUT2D eigenvalue weighted by molar-refractivity contribution is -0.135. The van der Waals surface area contributed by atoms with E-state index in [1.807, 2.05) is 54.6 Å². The maximum atomic E-state index is 12.3. The second-order valence-corrected chi connectivity index (χ2v) is 5.07. The Labute approximate surface area is 132 Å². The number of nitrogens with one attached hydrogen (secondary N) is 1. The number of benzene rings is 2. The molecule has 0 radical (unpaired) electrons. The van der Waals surface area contributed by atoms with Crippen LogP contribution in [0.25, 0.3) is 11.0 Å². The van der Waals surface area contributed by atoms with Crippen molar-refractivity contribution in [2.75, 3.05) is 6.54 Å². The van der Waals surface area contributed by atoms with Crippen molar-refractivity contribution in [3.05, 3.63) is 66.0 Å². The Morgan fingerprint density at radius 3 is 2.48 bits per heavy atom. The van der Waals surface area contributed by atoms with Crippen LogP contribution in [-0.2, 0) is 11.3 Å². The van der Waals surface area contributed by atoms with Gasteiger partial charge in [0.1, 0.15) is 6.54 Å². The number of rotatable bonds is 5. The average Bonchev–Trinajstić information content (AvgIpc) is 2.92. The maximum absolute atomic E-state index is 12.3. The summed E-state index contributed by atoms with van der Waals surface area (Å²) in [6, 6.07) is 17.2. The van der Waals surface area contributed by atoms with Crippen molar-refractivity contribution < 1.29 is 14.7 Å². The van der Waals surface area contributed by atoms with E-state index in [9.17, 15) is 9.59 Å². The molecule has 0 saturated carbocycles. The number of carbonyl (C=O) groups excluding carboxylic acids is 1. The lowest BCUT2D eigenvalue weighted by Gasteiger charge is -2.09. The highest BCUT2D eigenvalue weighted by atomic mass is 16.4. The zero-order valence-corrected chi connectivity index (χ0v) is 12.3. The van der Waals surface area contributed by atoms with Gasteiger partial charge in [-0.05, 0) is 17.7 Å². The summed E-state index contributed by atoms with van der Waals surface area (Å²) in [6.07, 6.45) is 0. The molecule has 1 heterocycles. The second-order valence-electron chi connectivity index (χ2n) is 5.07. The van der Waals surface area contributed by atoms with E-state index in [1.165, 1.54) is 0 Å². The summed E-state index contributed by atoms with van der Waals surface area (Å²) in [5.41, 5.74) is 2.56. The number of aliphatic carboxylic acids is 1. The van der Waals surface area contributed by atoms with Gasteiger partial charge in [0.2, 0.25) is 0 Å². The first-order chi connectivity index (χ1) is 11.1. The normalized spacial score (nSPS) is 10.6. The van der Waals surface area contributed by atoms with Gasteiger partial charge in [-0.2, -0.15) is 0 Å². The van der Waals surface area contributed by atoms with Gasteiger partial charge in [0.05, 0.1) is 11.0 Å². The zero-order chi connectivity index (χ0) is 16.2. The van der Waals surface area contributed by atoms with Crippen LogP contribution in [0.2, 0.25) is 0 Å². The van der Waals surface area contributed by atoms with Crippen LogP contribution in [0.1, 0.15) is 16.2 Å². The van der Waals surface area contributed by atoms with Crippen molar-refractivity contribution in [3.63, 3.8) is 0 Å². The molecule has 0 aliphatic heterocycles. The molecule has 0 aliphatic rings. The fourth-order valence-corrected chi connectivity index (χ4v) is 2.41. The number of carboxylic acids is 1. The quantitative estimate of drug-likeness (QED) is 0.754. The average molecular weight is 309 g/mol. The summed E-state index contributed by atoms with van der Waals surface area (Å²) in [5.74, 6) is -1.39. The molecule has 0 atom stereocenters. The number of imidazole rings is 1. The monoisotopic (exact) mass is 309 g/mol. The Kier molecular flexibility index (Phi) is 4.05. The van der Waals surface area contributed by atoms with E-state index < -0.39 is 18.4 Å². The summed E-state index contributed by atoms with van der Waals surface area (Å²) < 4.78 is 1.79. The van der Waals surface area contributed by atoms with Crippen molar-refractivity contribution in [2.24, 2.45) is 0 Å². The fraction of sp³-hybridized carbons (Fsp3) is 0.118. The summed E-state index contributed by atoms with van der Waals surface area (Å²) >= 11 is 0. The Balaban J connectivity index is 2.01. The minimum Gasteiger partial charge on any atom is -0.480 e. The van der Waals surface area contributed by atoms with Crippen LogP contribution in [-0.4, -0.2) is 33.1 Å². The lowest BCUT2D eigenvalue weighted by atomic mass is 10.2. The number of para-hydroxylation sites is 2. The molecule has 6 nitrogen and oxygen atoms in total. The highest BCUT2D eigenvalue weighted by Crippen LogP contribution is 2.18.